The molecule has 1 saturated carbocycles. The Labute approximate surface area is 92.9 Å². The van der Waals surface area contributed by atoms with Gasteiger partial charge in [0, 0.05) is 5.41 Å². The summed E-state index contributed by atoms with van der Waals surface area (Å²) in [5.41, 5.74) is 1.25. The van der Waals surface area contributed by atoms with Gasteiger partial charge in [0.05, 0.1) is 16.7 Å². The Morgan fingerprint density at radius 3 is 2.50 bits per heavy atom. The fourth-order valence-corrected chi connectivity index (χ4v) is 1.95. The van der Waals surface area contributed by atoms with Crippen LogP contribution < -0.4 is 5.90 Å². The average Bonchev–Trinajstić information content (AvgIpc) is 2.91. The van der Waals surface area contributed by atoms with Crippen molar-refractivity contribution in [2.45, 2.75) is 18.3 Å². The summed E-state index contributed by atoms with van der Waals surface area (Å²) >= 11 is 11.8. The molecule has 0 atom stereocenters. The second-order valence-electron chi connectivity index (χ2n) is 3.72. The van der Waals surface area contributed by atoms with E-state index >= 15 is 0 Å². The van der Waals surface area contributed by atoms with Gasteiger partial charge in [-0.15, -0.1) is 0 Å². The van der Waals surface area contributed by atoms with Gasteiger partial charge in [-0.2, -0.15) is 0 Å². The quantitative estimate of drug-likeness (QED) is 0.813. The predicted octanol–water partition coefficient (Wildman–Crippen LogP) is 2.92. The largest absolute Gasteiger partial charge is 0.304 e. The third-order valence-electron chi connectivity index (χ3n) is 2.75. The lowest BCUT2D eigenvalue weighted by molar-refractivity contribution is 0.116. The van der Waals surface area contributed by atoms with E-state index in [2.05, 4.69) is 0 Å². The van der Waals surface area contributed by atoms with E-state index in [0.29, 0.717) is 16.7 Å². The van der Waals surface area contributed by atoms with Gasteiger partial charge in [0.1, 0.15) is 0 Å². The van der Waals surface area contributed by atoms with E-state index in [4.69, 9.17) is 33.9 Å². The first-order chi connectivity index (χ1) is 6.68. The van der Waals surface area contributed by atoms with Crippen molar-refractivity contribution in [2.24, 2.45) is 5.90 Å². The van der Waals surface area contributed by atoms with E-state index in [-0.39, 0.29) is 5.41 Å². The van der Waals surface area contributed by atoms with Gasteiger partial charge in [-0.3, -0.25) is 0 Å². The van der Waals surface area contributed by atoms with E-state index in [0.717, 1.165) is 18.4 Å². The van der Waals surface area contributed by atoms with Crippen LogP contribution in [-0.2, 0) is 10.3 Å². The van der Waals surface area contributed by atoms with Crippen LogP contribution in [0.25, 0.3) is 0 Å². The van der Waals surface area contributed by atoms with Crippen LogP contribution in [0.2, 0.25) is 10.0 Å². The molecule has 0 aromatic heterocycles. The van der Waals surface area contributed by atoms with Gasteiger partial charge in [-0.05, 0) is 30.5 Å². The first kappa shape index (κ1) is 10.2. The fraction of sp³-hybridized carbons (Fsp3) is 0.400. The molecule has 0 saturated heterocycles. The molecule has 2 nitrogen and oxygen atoms in total. The number of hydrogen-bond acceptors (Lipinski definition) is 2. The van der Waals surface area contributed by atoms with E-state index in [9.17, 15) is 0 Å². The lowest BCUT2D eigenvalue weighted by Gasteiger charge is -2.14. The first-order valence-corrected chi connectivity index (χ1v) is 5.21. The van der Waals surface area contributed by atoms with Crippen molar-refractivity contribution in [1.29, 1.82) is 0 Å². The molecule has 0 aliphatic heterocycles. The number of benzene rings is 1. The van der Waals surface area contributed by atoms with Crippen LogP contribution >= 0.6 is 23.2 Å². The maximum atomic E-state index is 5.94. The number of halogens is 2. The SMILES string of the molecule is NOCC1(c2ccc(Cl)c(Cl)c2)CC1. The van der Waals surface area contributed by atoms with Crippen molar-refractivity contribution >= 4 is 23.2 Å². The zero-order valence-corrected chi connectivity index (χ0v) is 9.11. The molecule has 76 valence electrons. The molecule has 14 heavy (non-hydrogen) atoms. The van der Waals surface area contributed by atoms with Gasteiger partial charge in [-0.25, -0.2) is 5.90 Å². The Balaban J connectivity index is 2.28. The molecule has 1 aromatic carbocycles. The predicted molar refractivity (Wildman–Crippen MR) is 57.5 cm³/mol. The summed E-state index contributed by atoms with van der Waals surface area (Å²) < 4.78 is 0. The Morgan fingerprint density at radius 2 is 2.00 bits per heavy atom. The monoisotopic (exact) mass is 231 g/mol. The molecular weight excluding hydrogens is 221 g/mol. The molecule has 0 radical (unpaired) electrons. The molecule has 0 heterocycles. The molecule has 0 bridgehead atoms. The smallest absolute Gasteiger partial charge is 0.0775 e. The van der Waals surface area contributed by atoms with E-state index < -0.39 is 0 Å². The third-order valence-corrected chi connectivity index (χ3v) is 3.48. The Kier molecular flexibility index (Phi) is 2.71. The number of hydrogen-bond donors (Lipinski definition) is 1. The lowest BCUT2D eigenvalue weighted by Crippen LogP contribution is -2.17. The lowest BCUT2D eigenvalue weighted by atomic mass is 9.97. The molecular formula is C10H11Cl2NO. The molecule has 1 aliphatic carbocycles. The maximum absolute atomic E-state index is 5.94. The normalized spacial score (nSPS) is 18.2. The van der Waals surface area contributed by atoms with E-state index in [1.165, 1.54) is 0 Å². The molecule has 0 spiro atoms. The van der Waals surface area contributed by atoms with Gasteiger partial charge >= 0.3 is 0 Å². The van der Waals surface area contributed by atoms with Crippen LogP contribution in [-0.4, -0.2) is 6.61 Å². The molecule has 1 aromatic rings. The second-order valence-corrected chi connectivity index (χ2v) is 4.53. The maximum Gasteiger partial charge on any atom is 0.0775 e. The average molecular weight is 232 g/mol. The molecule has 2 N–H and O–H groups in total. The van der Waals surface area contributed by atoms with Crippen LogP contribution in [0.5, 0.6) is 0 Å². The zero-order valence-electron chi connectivity index (χ0n) is 7.59. The van der Waals surface area contributed by atoms with Gasteiger partial charge in [0.25, 0.3) is 0 Å². The van der Waals surface area contributed by atoms with Gasteiger partial charge in [-0.1, -0.05) is 29.3 Å². The van der Waals surface area contributed by atoms with Crippen LogP contribution in [0.3, 0.4) is 0 Å². The summed E-state index contributed by atoms with van der Waals surface area (Å²) in [6.07, 6.45) is 2.20. The standard InChI is InChI=1S/C10H11Cl2NO/c11-8-2-1-7(5-9(8)12)10(3-4-10)6-14-13/h1-2,5H,3-4,6,13H2. The van der Waals surface area contributed by atoms with Crippen molar-refractivity contribution in [1.82, 2.24) is 0 Å². The van der Waals surface area contributed by atoms with Gasteiger partial charge in [0.15, 0.2) is 0 Å². The van der Waals surface area contributed by atoms with Crippen molar-refractivity contribution in [3.05, 3.63) is 33.8 Å². The Hall–Kier alpha value is -0.280. The molecule has 0 unspecified atom stereocenters. The second kappa shape index (κ2) is 3.70. The third kappa shape index (κ3) is 1.75. The molecule has 2 rings (SSSR count). The van der Waals surface area contributed by atoms with Crippen molar-refractivity contribution in [3.63, 3.8) is 0 Å². The van der Waals surface area contributed by atoms with Crippen molar-refractivity contribution in [2.75, 3.05) is 6.61 Å². The van der Waals surface area contributed by atoms with Crippen molar-refractivity contribution < 1.29 is 4.84 Å². The molecule has 1 aliphatic rings. The summed E-state index contributed by atoms with van der Waals surface area (Å²) in [4.78, 5) is 4.72. The molecule has 0 amide bonds. The van der Waals surface area contributed by atoms with E-state index in [1.54, 1.807) is 0 Å². The van der Waals surface area contributed by atoms with Crippen LogP contribution in [0.4, 0.5) is 0 Å². The van der Waals surface area contributed by atoms with E-state index in [1.807, 2.05) is 18.2 Å². The van der Waals surface area contributed by atoms with Crippen LogP contribution in [0.1, 0.15) is 18.4 Å². The van der Waals surface area contributed by atoms with Gasteiger partial charge in [0.2, 0.25) is 0 Å². The molecule has 1 fully saturated rings. The summed E-state index contributed by atoms with van der Waals surface area (Å²) in [6, 6.07) is 5.70. The van der Waals surface area contributed by atoms with Crippen LogP contribution in [0, 0.1) is 0 Å². The highest BCUT2D eigenvalue weighted by Gasteiger charge is 2.44. The first-order valence-electron chi connectivity index (χ1n) is 4.45. The highest BCUT2D eigenvalue weighted by atomic mass is 35.5. The summed E-state index contributed by atoms with van der Waals surface area (Å²) in [7, 11) is 0. The van der Waals surface area contributed by atoms with Gasteiger partial charge < -0.3 is 4.84 Å². The number of rotatable bonds is 3. The minimum absolute atomic E-state index is 0.0863. The Morgan fingerprint density at radius 1 is 1.29 bits per heavy atom. The minimum Gasteiger partial charge on any atom is -0.304 e. The summed E-state index contributed by atoms with van der Waals surface area (Å²) in [5, 5.41) is 1.17. The fourth-order valence-electron chi connectivity index (χ4n) is 1.65. The van der Waals surface area contributed by atoms with Crippen molar-refractivity contribution in [3.8, 4) is 0 Å². The summed E-state index contributed by atoms with van der Waals surface area (Å²) in [6.45, 7) is 0.547. The molecule has 4 heteroatoms. The highest BCUT2D eigenvalue weighted by molar-refractivity contribution is 6.42. The van der Waals surface area contributed by atoms with Crippen LogP contribution in [0.15, 0.2) is 18.2 Å². The minimum atomic E-state index is 0.0863. The highest BCUT2D eigenvalue weighted by Crippen LogP contribution is 2.49. The number of nitrogens with two attached hydrogens (primary N) is 1. The Bertz CT molecular complexity index is 350. The zero-order chi connectivity index (χ0) is 10.2. The summed E-state index contributed by atoms with van der Waals surface area (Å²) in [5.74, 6) is 5.10. The topological polar surface area (TPSA) is 35.2 Å².